The third-order valence-electron chi connectivity index (χ3n) is 3.13. The van der Waals surface area contributed by atoms with E-state index in [-0.39, 0.29) is 16.7 Å². The number of amides is 1. The molecule has 2 aromatic carbocycles. The van der Waals surface area contributed by atoms with E-state index in [1.165, 1.54) is 20.3 Å². The number of nitrogens with one attached hydrogen (secondary N) is 1. The van der Waals surface area contributed by atoms with Gasteiger partial charge in [0.25, 0.3) is 5.91 Å². The van der Waals surface area contributed by atoms with Crippen LogP contribution in [0.1, 0.15) is 31.1 Å². The lowest BCUT2D eigenvalue weighted by Gasteiger charge is -2.10. The van der Waals surface area contributed by atoms with Gasteiger partial charge in [0.1, 0.15) is 0 Å². The summed E-state index contributed by atoms with van der Waals surface area (Å²) in [5, 5.41) is 2.63. The largest absolute Gasteiger partial charge is 0.465 e. The molecule has 0 spiro atoms. The van der Waals surface area contributed by atoms with Gasteiger partial charge >= 0.3 is 11.9 Å². The summed E-state index contributed by atoms with van der Waals surface area (Å²) >= 11 is 0. The molecule has 0 radical (unpaired) electrons. The second kappa shape index (κ2) is 7.22. The van der Waals surface area contributed by atoms with Crippen LogP contribution in [0.4, 0.5) is 5.69 Å². The first kappa shape index (κ1) is 16.2. The van der Waals surface area contributed by atoms with Crippen LogP contribution in [-0.2, 0) is 9.47 Å². The molecular formula is C17H15NO5. The van der Waals surface area contributed by atoms with E-state index in [1.807, 2.05) is 0 Å². The Bertz CT molecular complexity index is 754. The number of benzene rings is 2. The summed E-state index contributed by atoms with van der Waals surface area (Å²) in [5.74, 6) is -1.54. The Morgan fingerprint density at radius 1 is 0.826 bits per heavy atom. The van der Waals surface area contributed by atoms with Gasteiger partial charge in [-0.25, -0.2) is 9.59 Å². The smallest absolute Gasteiger partial charge is 0.339 e. The van der Waals surface area contributed by atoms with Crippen LogP contribution in [0.25, 0.3) is 0 Å². The van der Waals surface area contributed by atoms with Gasteiger partial charge in [-0.2, -0.15) is 0 Å². The third kappa shape index (κ3) is 3.74. The highest BCUT2D eigenvalue weighted by molar-refractivity contribution is 6.08. The molecule has 0 aliphatic carbocycles. The third-order valence-corrected chi connectivity index (χ3v) is 3.13. The summed E-state index contributed by atoms with van der Waals surface area (Å²) in [6.07, 6.45) is 0. The van der Waals surface area contributed by atoms with Gasteiger partial charge in [0.05, 0.1) is 31.0 Å². The Kier molecular flexibility index (Phi) is 5.09. The van der Waals surface area contributed by atoms with Gasteiger partial charge in [-0.15, -0.1) is 0 Å². The standard InChI is InChI=1S/C17H15NO5/c1-22-16(20)12-7-5-6-11(10-12)15(19)18-14-9-4-3-8-13(14)17(21)23-2/h3-10H,1-2H3,(H,18,19). The zero-order valence-corrected chi connectivity index (χ0v) is 12.7. The summed E-state index contributed by atoms with van der Waals surface area (Å²) in [6.45, 7) is 0. The molecule has 0 unspecified atom stereocenters. The van der Waals surface area contributed by atoms with Crippen LogP contribution >= 0.6 is 0 Å². The van der Waals surface area contributed by atoms with Crippen molar-refractivity contribution in [2.45, 2.75) is 0 Å². The summed E-state index contributed by atoms with van der Waals surface area (Å²) < 4.78 is 9.30. The van der Waals surface area contributed by atoms with Gasteiger partial charge in [-0.05, 0) is 30.3 Å². The van der Waals surface area contributed by atoms with Gasteiger partial charge in [-0.3, -0.25) is 4.79 Å². The minimum Gasteiger partial charge on any atom is -0.465 e. The highest BCUT2D eigenvalue weighted by atomic mass is 16.5. The first-order chi connectivity index (χ1) is 11.1. The average molecular weight is 313 g/mol. The second-order valence-electron chi connectivity index (χ2n) is 4.56. The highest BCUT2D eigenvalue weighted by Crippen LogP contribution is 2.17. The van der Waals surface area contributed by atoms with Crippen LogP contribution < -0.4 is 5.32 Å². The monoisotopic (exact) mass is 313 g/mol. The van der Waals surface area contributed by atoms with E-state index in [1.54, 1.807) is 42.5 Å². The quantitative estimate of drug-likeness (QED) is 0.877. The molecule has 0 aliphatic heterocycles. The van der Waals surface area contributed by atoms with Crippen molar-refractivity contribution in [2.24, 2.45) is 0 Å². The van der Waals surface area contributed by atoms with Crippen molar-refractivity contribution in [2.75, 3.05) is 19.5 Å². The van der Waals surface area contributed by atoms with Crippen LogP contribution in [-0.4, -0.2) is 32.1 Å². The molecule has 0 aliphatic rings. The average Bonchev–Trinajstić information content (AvgIpc) is 2.60. The number of rotatable bonds is 4. The second-order valence-corrected chi connectivity index (χ2v) is 4.56. The van der Waals surface area contributed by atoms with Crippen molar-refractivity contribution in [1.82, 2.24) is 0 Å². The van der Waals surface area contributed by atoms with Crippen molar-refractivity contribution < 1.29 is 23.9 Å². The molecule has 2 aromatic rings. The molecule has 118 valence electrons. The minimum atomic E-state index is -0.552. The van der Waals surface area contributed by atoms with Gasteiger partial charge in [0.15, 0.2) is 0 Å². The van der Waals surface area contributed by atoms with E-state index in [0.717, 1.165) is 0 Å². The minimum absolute atomic E-state index is 0.243. The summed E-state index contributed by atoms with van der Waals surface area (Å²) in [6, 6.07) is 12.6. The SMILES string of the molecule is COC(=O)c1cccc(C(=O)Nc2ccccc2C(=O)OC)c1. The van der Waals surface area contributed by atoms with Crippen LogP contribution in [0.5, 0.6) is 0 Å². The molecule has 0 atom stereocenters. The molecule has 6 heteroatoms. The maximum atomic E-state index is 12.3. The lowest BCUT2D eigenvalue weighted by Crippen LogP contribution is -2.16. The predicted octanol–water partition coefficient (Wildman–Crippen LogP) is 2.51. The Hall–Kier alpha value is -3.15. The van der Waals surface area contributed by atoms with Crippen molar-refractivity contribution in [3.05, 3.63) is 65.2 Å². The van der Waals surface area contributed by atoms with Crippen molar-refractivity contribution >= 4 is 23.5 Å². The highest BCUT2D eigenvalue weighted by Gasteiger charge is 2.15. The van der Waals surface area contributed by atoms with Gasteiger partial charge < -0.3 is 14.8 Å². The van der Waals surface area contributed by atoms with E-state index >= 15 is 0 Å². The Labute approximate surface area is 133 Å². The van der Waals surface area contributed by atoms with E-state index in [9.17, 15) is 14.4 Å². The van der Waals surface area contributed by atoms with Crippen LogP contribution in [0.2, 0.25) is 0 Å². The molecule has 0 saturated heterocycles. The fourth-order valence-electron chi connectivity index (χ4n) is 1.98. The normalized spacial score (nSPS) is 9.83. The zero-order valence-electron chi connectivity index (χ0n) is 12.7. The maximum Gasteiger partial charge on any atom is 0.339 e. The Morgan fingerprint density at radius 2 is 1.48 bits per heavy atom. The van der Waals surface area contributed by atoms with Gasteiger partial charge in [-0.1, -0.05) is 18.2 Å². The lowest BCUT2D eigenvalue weighted by atomic mass is 10.1. The van der Waals surface area contributed by atoms with Gasteiger partial charge in [0, 0.05) is 5.56 Å². The number of carbonyl (C=O) groups excluding carboxylic acids is 3. The zero-order chi connectivity index (χ0) is 16.8. The van der Waals surface area contributed by atoms with Crippen LogP contribution in [0.3, 0.4) is 0 Å². The predicted molar refractivity (Wildman–Crippen MR) is 83.5 cm³/mol. The number of esters is 2. The fraction of sp³-hybridized carbons (Fsp3) is 0.118. The number of hydrogen-bond donors (Lipinski definition) is 1. The fourth-order valence-corrected chi connectivity index (χ4v) is 1.98. The topological polar surface area (TPSA) is 81.7 Å². The van der Waals surface area contributed by atoms with Crippen molar-refractivity contribution in [1.29, 1.82) is 0 Å². The summed E-state index contributed by atoms with van der Waals surface area (Å²) in [7, 11) is 2.53. The molecule has 2 rings (SSSR count). The molecule has 0 bridgehead atoms. The van der Waals surface area contributed by atoms with E-state index in [4.69, 9.17) is 0 Å². The Balaban J connectivity index is 2.27. The first-order valence-electron chi connectivity index (χ1n) is 6.74. The number of para-hydroxylation sites is 1. The van der Waals surface area contributed by atoms with Crippen LogP contribution in [0, 0.1) is 0 Å². The molecule has 0 saturated carbocycles. The van der Waals surface area contributed by atoms with Crippen molar-refractivity contribution in [3.63, 3.8) is 0 Å². The molecule has 6 nitrogen and oxygen atoms in total. The Morgan fingerprint density at radius 3 is 2.17 bits per heavy atom. The molecule has 0 aromatic heterocycles. The van der Waals surface area contributed by atoms with E-state index in [2.05, 4.69) is 14.8 Å². The molecule has 23 heavy (non-hydrogen) atoms. The number of ether oxygens (including phenoxy) is 2. The number of carbonyl (C=O) groups is 3. The van der Waals surface area contributed by atoms with E-state index < -0.39 is 17.8 Å². The molecule has 1 N–H and O–H groups in total. The molecule has 0 fully saturated rings. The van der Waals surface area contributed by atoms with Crippen molar-refractivity contribution in [3.8, 4) is 0 Å². The summed E-state index contributed by atoms with van der Waals surface area (Å²) in [4.78, 5) is 35.5. The van der Waals surface area contributed by atoms with E-state index in [0.29, 0.717) is 5.69 Å². The molecule has 1 amide bonds. The maximum absolute atomic E-state index is 12.3. The number of methoxy groups -OCH3 is 2. The summed E-state index contributed by atoms with van der Waals surface area (Å²) in [5.41, 5.74) is 1.11. The van der Waals surface area contributed by atoms with Gasteiger partial charge in [0.2, 0.25) is 0 Å². The van der Waals surface area contributed by atoms with Crippen LogP contribution in [0.15, 0.2) is 48.5 Å². The number of hydrogen-bond acceptors (Lipinski definition) is 5. The molecular weight excluding hydrogens is 298 g/mol. The molecule has 0 heterocycles. The first-order valence-corrected chi connectivity index (χ1v) is 6.74. The lowest BCUT2D eigenvalue weighted by molar-refractivity contribution is 0.0592. The number of anilines is 1.